The van der Waals surface area contributed by atoms with Gasteiger partial charge in [0.2, 0.25) is 15.9 Å². The van der Waals surface area contributed by atoms with Gasteiger partial charge in [0.1, 0.15) is 4.90 Å². The highest BCUT2D eigenvalue weighted by molar-refractivity contribution is 7.89. The number of aromatic nitrogens is 1. The summed E-state index contributed by atoms with van der Waals surface area (Å²) in [5.74, 6) is -0.293. The molecule has 0 unspecified atom stereocenters. The molecule has 2 N–H and O–H groups in total. The summed E-state index contributed by atoms with van der Waals surface area (Å²) in [5.41, 5.74) is 1.38. The van der Waals surface area contributed by atoms with Crippen molar-refractivity contribution in [3.8, 4) is 0 Å². The van der Waals surface area contributed by atoms with Crippen LogP contribution in [0, 0.1) is 19.8 Å². The van der Waals surface area contributed by atoms with Gasteiger partial charge in [-0.3, -0.25) is 9.59 Å². The summed E-state index contributed by atoms with van der Waals surface area (Å²) in [6.07, 6.45) is 7.33. The average molecular weight is 451 g/mol. The molecular weight excluding hydrogens is 416 g/mol. The molecule has 3 fully saturated rings. The normalized spacial score (nSPS) is 21.7. The minimum atomic E-state index is -3.83. The Bertz CT molecular complexity index is 935. The number of piperidine rings is 1. The van der Waals surface area contributed by atoms with Crippen LogP contribution in [0.1, 0.15) is 73.1 Å². The predicted octanol–water partition coefficient (Wildman–Crippen LogP) is 2.33. The van der Waals surface area contributed by atoms with E-state index in [0.29, 0.717) is 50.4 Å². The van der Waals surface area contributed by atoms with Crippen LogP contribution in [0.2, 0.25) is 0 Å². The third kappa shape index (κ3) is 4.39. The van der Waals surface area contributed by atoms with Gasteiger partial charge in [-0.2, -0.15) is 4.31 Å². The Morgan fingerprint density at radius 2 is 1.52 bits per heavy atom. The number of hydrogen-bond donors (Lipinski definition) is 2. The Hall–Kier alpha value is -1.87. The first-order chi connectivity index (χ1) is 14.8. The molecular formula is C22H34N4O4S. The average Bonchev–Trinajstić information content (AvgIpc) is 3.49. The van der Waals surface area contributed by atoms with Crippen LogP contribution in [0.4, 0.5) is 0 Å². The lowest BCUT2D eigenvalue weighted by atomic mass is 9.97. The maximum Gasteiger partial charge on any atom is 0.257 e. The molecule has 0 bridgehead atoms. The number of H-pyrrole nitrogens is 1. The monoisotopic (exact) mass is 450 g/mol. The van der Waals surface area contributed by atoms with E-state index in [1.165, 1.54) is 4.31 Å². The van der Waals surface area contributed by atoms with Crippen molar-refractivity contribution < 1.29 is 18.0 Å². The molecule has 0 atom stereocenters. The van der Waals surface area contributed by atoms with Crippen LogP contribution in [-0.4, -0.2) is 66.6 Å². The number of aromatic amines is 1. The van der Waals surface area contributed by atoms with E-state index in [4.69, 9.17) is 0 Å². The number of aryl methyl sites for hydroxylation is 2. The van der Waals surface area contributed by atoms with Crippen LogP contribution in [0.3, 0.4) is 0 Å². The summed E-state index contributed by atoms with van der Waals surface area (Å²) < 4.78 is 28.5. The predicted molar refractivity (Wildman–Crippen MR) is 117 cm³/mol. The highest BCUT2D eigenvalue weighted by Crippen LogP contribution is 2.31. The van der Waals surface area contributed by atoms with Gasteiger partial charge in [0.25, 0.3) is 5.91 Å². The first-order valence-electron chi connectivity index (χ1n) is 11.6. The standard InChI is InChI=1S/C22H34N4O4S/c1-15-19(22(28)25-11-5-6-12-25)20(16(2)23-15)31(29,30)26-13-9-17(10-14-26)21(27)24-18-7-3-4-8-18/h17-18,23H,3-14H2,1-2H3,(H,24,27). The maximum absolute atomic E-state index is 13.6. The van der Waals surface area contributed by atoms with Gasteiger partial charge in [0.15, 0.2) is 0 Å². The van der Waals surface area contributed by atoms with Gasteiger partial charge in [0, 0.05) is 49.5 Å². The van der Waals surface area contributed by atoms with Gasteiger partial charge < -0.3 is 15.2 Å². The molecule has 8 nitrogen and oxygen atoms in total. The van der Waals surface area contributed by atoms with Crippen molar-refractivity contribution in [1.29, 1.82) is 0 Å². The molecule has 3 aliphatic rings. The van der Waals surface area contributed by atoms with E-state index in [9.17, 15) is 18.0 Å². The minimum Gasteiger partial charge on any atom is -0.361 e. The molecule has 172 valence electrons. The molecule has 1 aliphatic carbocycles. The van der Waals surface area contributed by atoms with Gasteiger partial charge in [-0.25, -0.2) is 8.42 Å². The fraction of sp³-hybridized carbons (Fsp3) is 0.727. The van der Waals surface area contributed by atoms with Crippen LogP contribution < -0.4 is 5.32 Å². The van der Waals surface area contributed by atoms with Crippen LogP contribution >= 0.6 is 0 Å². The van der Waals surface area contributed by atoms with Crippen molar-refractivity contribution >= 4 is 21.8 Å². The Morgan fingerprint density at radius 3 is 2.13 bits per heavy atom. The molecule has 2 amide bonds. The van der Waals surface area contributed by atoms with Crippen molar-refractivity contribution in [3.05, 3.63) is 17.0 Å². The largest absolute Gasteiger partial charge is 0.361 e. The van der Waals surface area contributed by atoms with E-state index < -0.39 is 10.0 Å². The van der Waals surface area contributed by atoms with Crippen LogP contribution in [0.15, 0.2) is 4.90 Å². The van der Waals surface area contributed by atoms with Crippen LogP contribution in [0.25, 0.3) is 0 Å². The quantitative estimate of drug-likeness (QED) is 0.719. The highest BCUT2D eigenvalue weighted by atomic mass is 32.2. The number of amides is 2. The molecule has 1 aromatic rings. The molecule has 0 radical (unpaired) electrons. The number of rotatable bonds is 5. The SMILES string of the molecule is Cc1[nH]c(C)c(S(=O)(=O)N2CCC(C(=O)NC3CCCC3)CC2)c1C(=O)N1CCCC1. The van der Waals surface area contributed by atoms with Crippen LogP contribution in [0.5, 0.6) is 0 Å². The van der Waals surface area contributed by atoms with Gasteiger partial charge in [-0.15, -0.1) is 0 Å². The summed E-state index contributed by atoms with van der Waals surface area (Å²) >= 11 is 0. The zero-order valence-corrected chi connectivity index (χ0v) is 19.4. The molecule has 2 aliphatic heterocycles. The van der Waals surface area contributed by atoms with E-state index in [0.717, 1.165) is 38.5 Å². The van der Waals surface area contributed by atoms with Crippen molar-refractivity contribution in [2.45, 2.75) is 76.2 Å². The molecule has 31 heavy (non-hydrogen) atoms. The smallest absolute Gasteiger partial charge is 0.257 e. The Balaban J connectivity index is 1.48. The van der Waals surface area contributed by atoms with Crippen molar-refractivity contribution in [2.75, 3.05) is 26.2 Å². The summed E-state index contributed by atoms with van der Waals surface area (Å²) in [5, 5.41) is 3.14. The minimum absolute atomic E-state index is 0.0579. The lowest BCUT2D eigenvalue weighted by molar-refractivity contribution is -0.126. The van der Waals surface area contributed by atoms with Gasteiger partial charge >= 0.3 is 0 Å². The van der Waals surface area contributed by atoms with Gasteiger partial charge in [-0.1, -0.05) is 12.8 Å². The third-order valence-corrected chi connectivity index (χ3v) is 9.12. The number of likely N-dealkylation sites (tertiary alicyclic amines) is 1. The van der Waals surface area contributed by atoms with Crippen molar-refractivity contribution in [3.63, 3.8) is 0 Å². The van der Waals surface area contributed by atoms with E-state index >= 15 is 0 Å². The summed E-state index contributed by atoms with van der Waals surface area (Å²) in [6.45, 7) is 5.41. The molecule has 2 saturated heterocycles. The number of carbonyl (C=O) groups excluding carboxylic acids is 2. The molecule has 1 aromatic heterocycles. The highest BCUT2D eigenvalue weighted by Gasteiger charge is 2.38. The molecule has 1 saturated carbocycles. The number of sulfonamides is 1. The van der Waals surface area contributed by atoms with Crippen molar-refractivity contribution in [2.24, 2.45) is 5.92 Å². The summed E-state index contributed by atoms with van der Waals surface area (Å²) in [6, 6.07) is 0.277. The lowest BCUT2D eigenvalue weighted by Crippen LogP contribution is -2.45. The summed E-state index contributed by atoms with van der Waals surface area (Å²) in [4.78, 5) is 30.6. The second-order valence-electron chi connectivity index (χ2n) is 9.25. The Kier molecular flexibility index (Phi) is 6.44. The molecule has 4 rings (SSSR count). The van der Waals surface area contributed by atoms with E-state index in [1.807, 2.05) is 0 Å². The van der Waals surface area contributed by atoms with Gasteiger partial charge in [-0.05, 0) is 52.4 Å². The third-order valence-electron chi connectivity index (χ3n) is 7.05. The maximum atomic E-state index is 13.6. The Labute approximate surface area is 184 Å². The molecule has 3 heterocycles. The zero-order chi connectivity index (χ0) is 22.2. The molecule has 0 aromatic carbocycles. The Morgan fingerprint density at radius 1 is 0.903 bits per heavy atom. The summed E-state index contributed by atoms with van der Waals surface area (Å²) in [7, 11) is -3.83. The van der Waals surface area contributed by atoms with Gasteiger partial charge in [0.05, 0.1) is 5.56 Å². The topological polar surface area (TPSA) is 103 Å². The van der Waals surface area contributed by atoms with E-state index in [1.54, 1.807) is 18.7 Å². The second-order valence-corrected chi connectivity index (χ2v) is 11.1. The second kappa shape index (κ2) is 8.94. The first-order valence-corrected chi connectivity index (χ1v) is 13.0. The van der Waals surface area contributed by atoms with Crippen LogP contribution in [-0.2, 0) is 14.8 Å². The number of nitrogens with zero attached hydrogens (tertiary/aromatic N) is 2. The van der Waals surface area contributed by atoms with E-state index in [2.05, 4.69) is 10.3 Å². The first kappa shape index (κ1) is 22.3. The van der Waals surface area contributed by atoms with E-state index in [-0.39, 0.29) is 34.2 Å². The number of nitrogens with one attached hydrogen (secondary N) is 2. The molecule has 9 heteroatoms. The van der Waals surface area contributed by atoms with Crippen molar-refractivity contribution in [1.82, 2.24) is 19.5 Å². The molecule has 0 spiro atoms. The number of carbonyl (C=O) groups is 2. The fourth-order valence-corrected chi connectivity index (χ4v) is 7.18. The zero-order valence-electron chi connectivity index (χ0n) is 18.6. The number of hydrogen-bond acceptors (Lipinski definition) is 4. The lowest BCUT2D eigenvalue weighted by Gasteiger charge is -2.31. The fourth-order valence-electron chi connectivity index (χ4n) is 5.29.